The first kappa shape index (κ1) is 31.3. The largest absolute Gasteiger partial charge is 0.417 e. The molecule has 0 radical (unpaired) electrons. The number of aryl methyl sites for hydroxylation is 1. The number of likely N-dealkylation sites (tertiary alicyclic amines) is 1. The number of rotatable bonds is 9. The minimum Gasteiger partial charge on any atom is -0.378 e. The third kappa shape index (κ3) is 7.50. The monoisotopic (exact) mass is 629 g/mol. The SMILES string of the molecule is CS(=O)(=O)N1CCc2c(c(-c3ccc(C(F)(F)F)c(SCC(=O)N4CCOCC4)c3)nn2CCCN2CCCCC2)C1. The first-order chi connectivity index (χ1) is 20.0. The Kier molecular flexibility index (Phi) is 9.87. The van der Waals surface area contributed by atoms with Gasteiger partial charge in [-0.15, -0.1) is 11.8 Å². The van der Waals surface area contributed by atoms with Crippen LogP contribution >= 0.6 is 11.8 Å². The van der Waals surface area contributed by atoms with Gasteiger partial charge in [0.15, 0.2) is 0 Å². The van der Waals surface area contributed by atoms with E-state index < -0.39 is 21.8 Å². The molecule has 0 spiro atoms. The number of halogens is 3. The molecule has 9 nitrogen and oxygen atoms in total. The average Bonchev–Trinajstić information content (AvgIpc) is 3.33. The number of aromatic nitrogens is 2. The van der Waals surface area contributed by atoms with E-state index in [1.807, 2.05) is 4.68 Å². The number of morpholine rings is 1. The van der Waals surface area contributed by atoms with Crippen molar-refractivity contribution in [3.63, 3.8) is 0 Å². The van der Waals surface area contributed by atoms with E-state index in [1.54, 1.807) is 4.90 Å². The van der Waals surface area contributed by atoms with Gasteiger partial charge in [-0.25, -0.2) is 8.42 Å². The molecule has 3 aliphatic heterocycles. The lowest BCUT2D eigenvalue weighted by molar-refractivity contribution is -0.139. The summed E-state index contributed by atoms with van der Waals surface area (Å²) in [4.78, 5) is 16.7. The Labute approximate surface area is 249 Å². The summed E-state index contributed by atoms with van der Waals surface area (Å²) < 4.78 is 75.4. The average molecular weight is 630 g/mol. The summed E-state index contributed by atoms with van der Waals surface area (Å²) >= 11 is 0.865. The normalized spacial score (nSPS) is 19.2. The molecule has 0 aliphatic carbocycles. The maximum absolute atomic E-state index is 14.0. The molecule has 42 heavy (non-hydrogen) atoms. The number of hydrogen-bond donors (Lipinski definition) is 0. The zero-order chi connectivity index (χ0) is 29.9. The molecular formula is C28H38F3N5O4S2. The van der Waals surface area contributed by atoms with Crippen LogP contribution in [0, 0.1) is 0 Å². The van der Waals surface area contributed by atoms with Crippen molar-refractivity contribution < 1.29 is 31.1 Å². The van der Waals surface area contributed by atoms with Crippen LogP contribution in [0.5, 0.6) is 0 Å². The molecule has 4 heterocycles. The molecule has 0 bridgehead atoms. The minimum absolute atomic E-state index is 0.0502. The Hall–Kier alpha value is -2.13. The van der Waals surface area contributed by atoms with E-state index >= 15 is 0 Å². The number of alkyl halides is 3. The van der Waals surface area contributed by atoms with Gasteiger partial charge in [0.05, 0.1) is 36.5 Å². The van der Waals surface area contributed by atoms with Crippen molar-refractivity contribution in [2.45, 2.75) is 56.3 Å². The summed E-state index contributed by atoms with van der Waals surface area (Å²) in [6.07, 6.45) is 1.60. The van der Waals surface area contributed by atoms with Gasteiger partial charge in [-0.05, 0) is 51.0 Å². The molecular weight excluding hydrogens is 591 g/mol. The van der Waals surface area contributed by atoms with Gasteiger partial charge in [0.2, 0.25) is 15.9 Å². The van der Waals surface area contributed by atoms with E-state index in [1.165, 1.54) is 42.0 Å². The van der Waals surface area contributed by atoms with Gasteiger partial charge in [0, 0.05) is 60.9 Å². The molecule has 232 valence electrons. The van der Waals surface area contributed by atoms with Gasteiger partial charge in [-0.2, -0.15) is 22.6 Å². The molecule has 2 saturated heterocycles. The molecule has 3 aliphatic rings. The van der Waals surface area contributed by atoms with Gasteiger partial charge >= 0.3 is 6.18 Å². The van der Waals surface area contributed by atoms with Crippen molar-refractivity contribution >= 4 is 27.7 Å². The zero-order valence-corrected chi connectivity index (χ0v) is 25.5. The summed E-state index contributed by atoms with van der Waals surface area (Å²) in [6.45, 7) is 5.89. The van der Waals surface area contributed by atoms with E-state index in [0.717, 1.165) is 55.1 Å². The number of amides is 1. The second-order valence-electron chi connectivity index (χ2n) is 11.1. The summed E-state index contributed by atoms with van der Waals surface area (Å²) in [7, 11) is -3.47. The highest BCUT2D eigenvalue weighted by molar-refractivity contribution is 8.00. The molecule has 1 amide bonds. The fourth-order valence-electron chi connectivity index (χ4n) is 5.86. The van der Waals surface area contributed by atoms with E-state index in [9.17, 15) is 26.4 Å². The van der Waals surface area contributed by atoms with Crippen molar-refractivity contribution in [3.8, 4) is 11.3 Å². The number of benzene rings is 1. The molecule has 0 unspecified atom stereocenters. The van der Waals surface area contributed by atoms with E-state index in [2.05, 4.69) is 4.90 Å². The van der Waals surface area contributed by atoms with Gasteiger partial charge in [0.25, 0.3) is 0 Å². The number of carbonyl (C=O) groups excluding carboxylic acids is 1. The first-order valence-corrected chi connectivity index (χ1v) is 17.3. The lowest BCUT2D eigenvalue weighted by atomic mass is 10.0. The number of piperidine rings is 1. The topological polar surface area (TPSA) is 88.0 Å². The standard InChI is InChI=1S/C28H38F3N5O4S2/c1-42(38,39)35-13-8-24-22(19-35)27(32-36(24)12-5-11-33-9-3-2-4-10-33)21-6-7-23(28(29,30)31)25(18-21)41-20-26(37)34-14-16-40-17-15-34/h6-7,18H,2-5,8-17,19-20H2,1H3. The van der Waals surface area contributed by atoms with Gasteiger partial charge in [0.1, 0.15) is 0 Å². The van der Waals surface area contributed by atoms with Crippen molar-refractivity contribution in [2.75, 3.05) is 64.5 Å². The quantitative estimate of drug-likeness (QED) is 0.391. The van der Waals surface area contributed by atoms with Crippen molar-refractivity contribution in [2.24, 2.45) is 0 Å². The predicted octanol–water partition coefficient (Wildman–Crippen LogP) is 3.71. The van der Waals surface area contributed by atoms with E-state index in [0.29, 0.717) is 57.1 Å². The van der Waals surface area contributed by atoms with Crippen LogP contribution in [0.4, 0.5) is 13.2 Å². The highest BCUT2D eigenvalue weighted by Gasteiger charge is 2.35. The predicted molar refractivity (Wildman–Crippen MR) is 155 cm³/mol. The van der Waals surface area contributed by atoms with Crippen molar-refractivity contribution in [1.82, 2.24) is 23.9 Å². The van der Waals surface area contributed by atoms with E-state index in [-0.39, 0.29) is 23.1 Å². The van der Waals surface area contributed by atoms with Crippen LogP contribution in [-0.2, 0) is 45.2 Å². The number of thioether (sulfide) groups is 1. The minimum atomic E-state index is -4.59. The second kappa shape index (κ2) is 13.2. The Morgan fingerprint density at radius 1 is 1.05 bits per heavy atom. The third-order valence-corrected chi connectivity index (χ3v) is 10.4. The number of carbonyl (C=O) groups is 1. The Morgan fingerprint density at radius 3 is 2.48 bits per heavy atom. The molecule has 5 rings (SSSR count). The van der Waals surface area contributed by atoms with Gasteiger partial charge < -0.3 is 14.5 Å². The lowest BCUT2D eigenvalue weighted by Crippen LogP contribution is -2.41. The zero-order valence-electron chi connectivity index (χ0n) is 23.9. The second-order valence-corrected chi connectivity index (χ2v) is 14.1. The Balaban J connectivity index is 1.43. The molecule has 0 saturated carbocycles. The summed E-state index contributed by atoms with van der Waals surface area (Å²) in [6, 6.07) is 3.88. The van der Waals surface area contributed by atoms with Gasteiger partial charge in [-0.3, -0.25) is 9.48 Å². The van der Waals surface area contributed by atoms with Crippen LogP contribution in [0.2, 0.25) is 0 Å². The maximum atomic E-state index is 14.0. The fraction of sp³-hybridized carbons (Fsp3) is 0.643. The molecule has 0 N–H and O–H groups in total. The number of fused-ring (bicyclic) bond motifs is 1. The van der Waals surface area contributed by atoms with Crippen molar-refractivity contribution in [1.29, 1.82) is 0 Å². The smallest absolute Gasteiger partial charge is 0.378 e. The maximum Gasteiger partial charge on any atom is 0.417 e. The van der Waals surface area contributed by atoms with E-state index in [4.69, 9.17) is 9.84 Å². The molecule has 2 fully saturated rings. The summed E-state index contributed by atoms with van der Waals surface area (Å²) in [5, 5.41) is 4.86. The summed E-state index contributed by atoms with van der Waals surface area (Å²) in [5.74, 6) is -0.363. The van der Waals surface area contributed by atoms with Crippen LogP contribution in [0.3, 0.4) is 0 Å². The number of ether oxygens (including phenoxy) is 1. The lowest BCUT2D eigenvalue weighted by Gasteiger charge is -2.27. The fourth-order valence-corrected chi connectivity index (χ4v) is 7.66. The van der Waals surface area contributed by atoms with Crippen LogP contribution in [0.1, 0.15) is 42.5 Å². The summed E-state index contributed by atoms with van der Waals surface area (Å²) in [5.41, 5.74) is 1.82. The molecule has 14 heteroatoms. The molecule has 1 aromatic heterocycles. The van der Waals surface area contributed by atoms with Crippen LogP contribution in [0.25, 0.3) is 11.3 Å². The Morgan fingerprint density at radius 2 is 1.79 bits per heavy atom. The molecule has 1 aromatic carbocycles. The number of sulfonamides is 1. The highest BCUT2D eigenvalue weighted by Crippen LogP contribution is 2.40. The van der Waals surface area contributed by atoms with Crippen LogP contribution in [0.15, 0.2) is 23.1 Å². The molecule has 2 aromatic rings. The number of nitrogens with zero attached hydrogens (tertiary/aromatic N) is 5. The van der Waals surface area contributed by atoms with Crippen molar-refractivity contribution in [3.05, 3.63) is 35.0 Å². The molecule has 0 atom stereocenters. The highest BCUT2D eigenvalue weighted by atomic mass is 32.2. The number of hydrogen-bond acceptors (Lipinski definition) is 7. The third-order valence-electron chi connectivity index (χ3n) is 8.14. The van der Waals surface area contributed by atoms with Gasteiger partial charge in [-0.1, -0.05) is 12.5 Å². The Bertz CT molecular complexity index is 1370. The van der Waals surface area contributed by atoms with Crippen LogP contribution < -0.4 is 0 Å². The first-order valence-electron chi connectivity index (χ1n) is 14.5. The van der Waals surface area contributed by atoms with Crippen LogP contribution in [-0.4, -0.2) is 103 Å².